The topological polar surface area (TPSA) is 119 Å². The number of Topliss-reactive ketones (excluding diaryl/α,β-unsaturated/α-hetero) is 1. The number of benzene rings is 2. The zero-order chi connectivity index (χ0) is 34.8. The van der Waals surface area contributed by atoms with Crippen molar-refractivity contribution in [3.63, 3.8) is 0 Å². The summed E-state index contributed by atoms with van der Waals surface area (Å²) in [6.45, 7) is 8.70. The number of aliphatic hydroxyl groups excluding tert-OH is 1. The normalized spacial score (nSPS) is 15.9. The van der Waals surface area contributed by atoms with Crippen LogP contribution in [0.15, 0.2) is 70.7 Å². The molecule has 5 aromatic rings. The average Bonchev–Trinajstić information content (AvgIpc) is 3.74. The lowest BCUT2D eigenvalue weighted by molar-refractivity contribution is -0.132. The lowest BCUT2D eigenvalue weighted by Crippen LogP contribution is -2.29. The minimum atomic E-state index is -1.06. The van der Waals surface area contributed by atoms with Crippen LogP contribution in [0.1, 0.15) is 55.7 Å². The molecule has 2 aromatic carbocycles. The van der Waals surface area contributed by atoms with E-state index in [1.807, 2.05) is 19.1 Å². The number of aromatic nitrogens is 4. The van der Waals surface area contributed by atoms with Crippen LogP contribution in [0.2, 0.25) is 10.0 Å². The van der Waals surface area contributed by atoms with E-state index in [2.05, 4.69) is 29.0 Å². The van der Waals surface area contributed by atoms with Crippen molar-refractivity contribution >= 4 is 74.5 Å². The number of aliphatic hydroxyl groups is 1. The Hall–Kier alpha value is -4.10. The van der Waals surface area contributed by atoms with E-state index in [0.29, 0.717) is 73.4 Å². The lowest BCUT2D eigenvalue weighted by atomic mass is 9.96. The number of ether oxygens (including phenoxy) is 2. The highest BCUT2D eigenvalue weighted by Crippen LogP contribution is 2.46. The number of halogens is 2. The second kappa shape index (κ2) is 14.8. The number of imidazole rings is 1. The largest absolute Gasteiger partial charge is 0.505 e. The summed E-state index contributed by atoms with van der Waals surface area (Å²) in [5.74, 6) is -0.132. The molecule has 1 aliphatic heterocycles. The molecule has 14 heteroatoms. The number of carbonyl (C=O) groups excluding carboxylic acids is 2. The molecule has 1 amide bonds. The highest BCUT2D eigenvalue weighted by Gasteiger charge is 2.49. The molecular formula is C35H33Cl2N5O5S2. The van der Waals surface area contributed by atoms with E-state index >= 15 is 0 Å². The Morgan fingerprint density at radius 3 is 2.63 bits per heavy atom. The van der Waals surface area contributed by atoms with E-state index in [1.165, 1.54) is 16.7 Å². The van der Waals surface area contributed by atoms with E-state index < -0.39 is 17.7 Å². The number of fused-ring (bicyclic) bond motifs is 1. The van der Waals surface area contributed by atoms with Gasteiger partial charge in [-0.1, -0.05) is 78.3 Å². The number of thioether (sulfide) groups is 1. The number of amides is 1. The molecule has 254 valence electrons. The Bertz CT molecular complexity index is 2080. The molecule has 0 spiro atoms. The van der Waals surface area contributed by atoms with Crippen molar-refractivity contribution in [1.29, 1.82) is 0 Å². The van der Waals surface area contributed by atoms with Gasteiger partial charge in [0.25, 0.3) is 5.78 Å². The van der Waals surface area contributed by atoms with Crippen molar-refractivity contribution in [2.75, 3.05) is 18.1 Å². The van der Waals surface area contributed by atoms with Crippen LogP contribution < -0.4 is 14.4 Å². The van der Waals surface area contributed by atoms with E-state index in [-0.39, 0.29) is 16.5 Å². The third-order valence-electron chi connectivity index (χ3n) is 7.88. The summed E-state index contributed by atoms with van der Waals surface area (Å²) in [5.41, 5.74) is 2.66. The molecule has 1 unspecified atom stereocenters. The highest BCUT2D eigenvalue weighted by molar-refractivity contribution is 8.00. The van der Waals surface area contributed by atoms with Gasteiger partial charge in [0.1, 0.15) is 11.3 Å². The first kappa shape index (κ1) is 34.8. The number of hydrogen-bond donors (Lipinski definition) is 1. The van der Waals surface area contributed by atoms with Gasteiger partial charge < -0.3 is 14.6 Å². The van der Waals surface area contributed by atoms with Gasteiger partial charge in [-0.25, -0.2) is 4.98 Å². The smallest absolute Gasteiger partial charge is 0.301 e. The molecule has 3 aromatic heterocycles. The predicted molar refractivity (Wildman–Crippen MR) is 193 cm³/mol. The summed E-state index contributed by atoms with van der Waals surface area (Å²) in [6.07, 6.45) is 2.60. The molecule has 0 bridgehead atoms. The summed E-state index contributed by atoms with van der Waals surface area (Å²) >= 11 is 15.0. The number of hydrogen-bond acceptors (Lipinski definition) is 10. The molecule has 1 fully saturated rings. The van der Waals surface area contributed by atoms with Gasteiger partial charge in [-0.15, -0.1) is 10.2 Å². The predicted octanol–water partition coefficient (Wildman–Crippen LogP) is 8.54. The van der Waals surface area contributed by atoms with Crippen molar-refractivity contribution in [2.45, 2.75) is 50.3 Å². The van der Waals surface area contributed by atoms with E-state index in [0.717, 1.165) is 23.3 Å². The maximum absolute atomic E-state index is 14.0. The monoisotopic (exact) mass is 737 g/mol. The summed E-state index contributed by atoms with van der Waals surface area (Å²) < 4.78 is 14.3. The fourth-order valence-electron chi connectivity index (χ4n) is 5.49. The standard InChI is InChI=1S/C35H33Cl2N5O5S2/c1-5-46-26-16-21(10-12-25(26)47-15-13-19(2)3)30-28(31(43)29-20(4)38-27-8-6-7-14-41(27)29)32(44)33(45)42(30)34-39-40-35(49-34)48-18-22-9-11-23(36)17-24(22)37/h6-12,14,16-17,19,30,43H,5,13,15,18H2,1-4H3. The summed E-state index contributed by atoms with van der Waals surface area (Å²) in [7, 11) is 0. The molecule has 1 aliphatic rings. The third-order valence-corrected chi connectivity index (χ3v) is 10.6. The fourth-order valence-corrected chi connectivity index (χ4v) is 7.92. The van der Waals surface area contributed by atoms with E-state index in [9.17, 15) is 14.7 Å². The molecule has 1 N–H and O–H groups in total. The molecule has 1 atom stereocenters. The molecule has 1 saturated heterocycles. The quantitative estimate of drug-likeness (QED) is 0.0442. The van der Waals surface area contributed by atoms with Crippen LogP contribution in [-0.2, 0) is 15.3 Å². The van der Waals surface area contributed by atoms with Crippen molar-refractivity contribution < 1.29 is 24.2 Å². The van der Waals surface area contributed by atoms with Crippen LogP contribution in [0.25, 0.3) is 11.4 Å². The Morgan fingerprint density at radius 2 is 1.88 bits per heavy atom. The maximum atomic E-state index is 14.0. The number of aryl methyl sites for hydroxylation is 1. The van der Waals surface area contributed by atoms with Crippen LogP contribution in [0.5, 0.6) is 11.5 Å². The molecule has 0 saturated carbocycles. The van der Waals surface area contributed by atoms with Crippen molar-refractivity contribution in [3.05, 3.63) is 98.9 Å². The van der Waals surface area contributed by atoms with Gasteiger partial charge in [-0.05, 0) is 73.7 Å². The molecule has 10 nitrogen and oxygen atoms in total. The van der Waals surface area contributed by atoms with Crippen LogP contribution in [0.4, 0.5) is 5.13 Å². The van der Waals surface area contributed by atoms with Crippen molar-refractivity contribution in [3.8, 4) is 11.5 Å². The van der Waals surface area contributed by atoms with Crippen LogP contribution in [0, 0.1) is 12.8 Å². The molecule has 49 heavy (non-hydrogen) atoms. The van der Waals surface area contributed by atoms with Crippen LogP contribution in [-0.4, -0.2) is 49.6 Å². The first-order valence-corrected chi connectivity index (χ1v) is 18.2. The van der Waals surface area contributed by atoms with Crippen molar-refractivity contribution in [2.24, 2.45) is 5.92 Å². The molecular weight excluding hydrogens is 705 g/mol. The molecule has 0 aliphatic carbocycles. The number of rotatable bonds is 12. The molecule has 0 radical (unpaired) electrons. The summed E-state index contributed by atoms with van der Waals surface area (Å²) in [6, 6.07) is 14.9. The second-order valence-corrected chi connectivity index (χ2v) is 14.7. The number of pyridine rings is 1. The number of nitrogens with zero attached hydrogens (tertiary/aromatic N) is 5. The SMILES string of the molecule is CCOc1cc(C2C(=C(O)c3c(C)nc4ccccn34)C(=O)C(=O)N2c2nnc(SCc3ccc(Cl)cc3Cl)s2)ccc1OCCC(C)C. The summed E-state index contributed by atoms with van der Waals surface area (Å²) in [4.78, 5) is 33.7. The van der Waals surface area contributed by atoms with Gasteiger partial charge in [-0.3, -0.25) is 18.9 Å². The van der Waals surface area contributed by atoms with Crippen LogP contribution >= 0.6 is 46.3 Å². The Balaban J connectivity index is 1.44. The maximum Gasteiger partial charge on any atom is 0.301 e. The van der Waals surface area contributed by atoms with Gasteiger partial charge in [0, 0.05) is 22.0 Å². The zero-order valence-corrected chi connectivity index (χ0v) is 30.3. The van der Waals surface area contributed by atoms with Crippen LogP contribution in [0.3, 0.4) is 0 Å². The first-order valence-electron chi connectivity index (χ1n) is 15.6. The van der Waals surface area contributed by atoms with Crippen molar-refractivity contribution in [1.82, 2.24) is 19.6 Å². The van der Waals surface area contributed by atoms with Gasteiger partial charge in [0.2, 0.25) is 5.13 Å². The molecule has 6 rings (SSSR count). The minimum absolute atomic E-state index is 0.105. The second-order valence-electron chi connectivity index (χ2n) is 11.7. The van der Waals surface area contributed by atoms with Gasteiger partial charge in [0.05, 0.1) is 30.5 Å². The van der Waals surface area contributed by atoms with E-state index in [1.54, 1.807) is 60.0 Å². The third kappa shape index (κ3) is 7.14. The minimum Gasteiger partial charge on any atom is -0.505 e. The number of carbonyl (C=O) groups is 2. The number of ketones is 1. The Kier molecular flexibility index (Phi) is 10.5. The summed E-state index contributed by atoms with van der Waals surface area (Å²) in [5, 5.41) is 21.8. The zero-order valence-electron chi connectivity index (χ0n) is 27.1. The van der Waals surface area contributed by atoms with Gasteiger partial charge >= 0.3 is 5.91 Å². The first-order chi connectivity index (χ1) is 23.6. The average molecular weight is 739 g/mol. The fraction of sp³-hybridized carbons (Fsp3) is 0.286. The molecule has 4 heterocycles. The lowest BCUT2D eigenvalue weighted by Gasteiger charge is -2.24. The number of anilines is 1. The van der Waals surface area contributed by atoms with Gasteiger partial charge in [-0.2, -0.15) is 0 Å². The Labute approximate surface area is 301 Å². The van der Waals surface area contributed by atoms with Gasteiger partial charge in [0.15, 0.2) is 21.6 Å². The highest BCUT2D eigenvalue weighted by atomic mass is 35.5. The Morgan fingerprint density at radius 1 is 1.06 bits per heavy atom. The van der Waals surface area contributed by atoms with E-state index in [4.69, 9.17) is 32.7 Å².